The SMILES string of the molecule is C=C(Cc1cccc(-c2nc3c(nc(NC)c4ncn(C)c43)o2)c1)C(=O)O. The molecule has 0 unspecified atom stereocenters. The van der Waals surface area contributed by atoms with Crippen molar-refractivity contribution in [1.82, 2.24) is 19.5 Å². The molecule has 4 aromatic rings. The van der Waals surface area contributed by atoms with Gasteiger partial charge >= 0.3 is 5.97 Å². The summed E-state index contributed by atoms with van der Waals surface area (Å²) in [5.41, 5.74) is 4.27. The number of anilines is 1. The number of aliphatic carboxylic acids is 1. The van der Waals surface area contributed by atoms with Gasteiger partial charge in [-0.15, -0.1) is 0 Å². The average molecular weight is 363 g/mol. The zero-order valence-corrected chi connectivity index (χ0v) is 14.9. The van der Waals surface area contributed by atoms with E-state index >= 15 is 0 Å². The van der Waals surface area contributed by atoms with Crippen LogP contribution in [0, 0.1) is 0 Å². The molecule has 0 saturated heterocycles. The molecule has 136 valence electrons. The summed E-state index contributed by atoms with van der Waals surface area (Å²) in [7, 11) is 3.67. The van der Waals surface area contributed by atoms with Crippen LogP contribution in [0.4, 0.5) is 5.82 Å². The number of imidazole rings is 1. The fourth-order valence-corrected chi connectivity index (χ4v) is 3.01. The first-order valence-electron chi connectivity index (χ1n) is 8.27. The third-order valence-corrected chi connectivity index (χ3v) is 4.34. The molecule has 0 bridgehead atoms. The summed E-state index contributed by atoms with van der Waals surface area (Å²) in [6.45, 7) is 3.58. The van der Waals surface area contributed by atoms with Crippen molar-refractivity contribution < 1.29 is 14.3 Å². The van der Waals surface area contributed by atoms with Crippen LogP contribution in [0.5, 0.6) is 0 Å². The van der Waals surface area contributed by atoms with Gasteiger partial charge in [-0.05, 0) is 17.7 Å². The molecule has 0 aliphatic carbocycles. The van der Waals surface area contributed by atoms with Gasteiger partial charge in [-0.3, -0.25) is 0 Å². The van der Waals surface area contributed by atoms with Gasteiger partial charge in [0.2, 0.25) is 5.89 Å². The van der Waals surface area contributed by atoms with E-state index < -0.39 is 5.97 Å². The largest absolute Gasteiger partial charge is 0.478 e. The number of oxazole rings is 1. The topological polar surface area (TPSA) is 106 Å². The van der Waals surface area contributed by atoms with E-state index in [1.165, 1.54) is 0 Å². The number of aromatic nitrogens is 4. The Morgan fingerprint density at radius 2 is 2.15 bits per heavy atom. The molecule has 3 aromatic heterocycles. The van der Waals surface area contributed by atoms with Crippen LogP contribution in [0.3, 0.4) is 0 Å². The van der Waals surface area contributed by atoms with Gasteiger partial charge in [0.15, 0.2) is 11.3 Å². The van der Waals surface area contributed by atoms with Crippen LogP contribution in [0.15, 0.2) is 47.2 Å². The number of carbonyl (C=O) groups is 1. The van der Waals surface area contributed by atoms with Crippen molar-refractivity contribution in [3.8, 4) is 11.5 Å². The molecule has 0 amide bonds. The van der Waals surface area contributed by atoms with Crippen molar-refractivity contribution in [2.45, 2.75) is 6.42 Å². The summed E-state index contributed by atoms with van der Waals surface area (Å²) < 4.78 is 7.77. The molecular weight excluding hydrogens is 346 g/mol. The van der Waals surface area contributed by atoms with E-state index in [1.807, 2.05) is 35.9 Å². The van der Waals surface area contributed by atoms with Gasteiger partial charge in [0.1, 0.15) is 11.0 Å². The van der Waals surface area contributed by atoms with E-state index in [2.05, 4.69) is 26.8 Å². The maximum Gasteiger partial charge on any atom is 0.331 e. The first kappa shape index (κ1) is 16.8. The zero-order valence-electron chi connectivity index (χ0n) is 14.9. The van der Waals surface area contributed by atoms with E-state index in [1.54, 1.807) is 13.4 Å². The number of rotatable bonds is 5. The van der Waals surface area contributed by atoms with Crippen LogP contribution >= 0.6 is 0 Å². The highest BCUT2D eigenvalue weighted by atomic mass is 16.4. The van der Waals surface area contributed by atoms with E-state index in [-0.39, 0.29) is 12.0 Å². The summed E-state index contributed by atoms with van der Waals surface area (Å²) in [5.74, 6) is 0.0213. The Hall–Kier alpha value is -3.68. The standard InChI is InChI=1S/C19H17N5O3/c1-10(19(25)26)7-11-5-4-6-12(8-11)17-22-14-15-13(21-9-24(15)3)16(20-2)23-18(14)27-17/h4-6,8-9H,1,7H2,2-3H3,(H,20,23)(H,25,26). The predicted octanol–water partition coefficient (Wildman–Crippen LogP) is 3.00. The summed E-state index contributed by atoms with van der Waals surface area (Å²) in [6.07, 6.45) is 1.96. The Kier molecular flexibility index (Phi) is 3.88. The molecule has 0 aliphatic heterocycles. The average Bonchev–Trinajstić information content (AvgIpc) is 3.24. The minimum Gasteiger partial charge on any atom is -0.478 e. The number of pyridine rings is 1. The number of aryl methyl sites for hydroxylation is 1. The second-order valence-corrected chi connectivity index (χ2v) is 6.22. The van der Waals surface area contributed by atoms with Crippen molar-refractivity contribution in [1.29, 1.82) is 0 Å². The lowest BCUT2D eigenvalue weighted by atomic mass is 10.0. The highest BCUT2D eigenvalue weighted by Gasteiger charge is 2.18. The zero-order chi connectivity index (χ0) is 19.1. The number of fused-ring (bicyclic) bond motifs is 3. The van der Waals surface area contributed by atoms with Crippen molar-refractivity contribution in [2.75, 3.05) is 12.4 Å². The first-order valence-corrected chi connectivity index (χ1v) is 8.27. The number of hydrogen-bond donors (Lipinski definition) is 2. The van der Waals surface area contributed by atoms with Crippen LogP contribution in [0.25, 0.3) is 33.7 Å². The molecular formula is C19H17N5O3. The second kappa shape index (κ2) is 6.24. The molecule has 0 radical (unpaired) electrons. The first-order chi connectivity index (χ1) is 13.0. The van der Waals surface area contributed by atoms with Crippen LogP contribution < -0.4 is 5.32 Å². The summed E-state index contributed by atoms with van der Waals surface area (Å²) in [4.78, 5) is 24.5. The minimum atomic E-state index is -1.01. The number of carboxylic acids is 1. The van der Waals surface area contributed by atoms with Crippen LogP contribution in [-0.4, -0.2) is 37.6 Å². The molecule has 8 nitrogen and oxygen atoms in total. The fraction of sp³-hybridized carbons (Fsp3) is 0.158. The van der Waals surface area contributed by atoms with Gasteiger partial charge in [-0.2, -0.15) is 4.98 Å². The van der Waals surface area contributed by atoms with Gasteiger partial charge in [-0.1, -0.05) is 18.7 Å². The summed E-state index contributed by atoms with van der Waals surface area (Å²) in [5, 5.41) is 12.1. The molecule has 0 aliphatic rings. The second-order valence-electron chi connectivity index (χ2n) is 6.22. The van der Waals surface area contributed by atoms with Gasteiger partial charge in [0.05, 0.1) is 6.33 Å². The molecule has 8 heteroatoms. The molecule has 27 heavy (non-hydrogen) atoms. The van der Waals surface area contributed by atoms with E-state index in [4.69, 9.17) is 9.52 Å². The smallest absolute Gasteiger partial charge is 0.331 e. The third-order valence-electron chi connectivity index (χ3n) is 4.34. The molecule has 4 rings (SSSR count). The van der Waals surface area contributed by atoms with E-state index in [9.17, 15) is 4.79 Å². The number of carboxylic acid groups (broad SMARTS) is 1. The molecule has 0 fully saturated rings. The number of nitrogens with zero attached hydrogens (tertiary/aromatic N) is 4. The maximum absolute atomic E-state index is 11.0. The lowest BCUT2D eigenvalue weighted by Gasteiger charge is -2.02. The predicted molar refractivity (Wildman–Crippen MR) is 102 cm³/mol. The molecule has 0 atom stereocenters. The highest BCUT2D eigenvalue weighted by molar-refractivity contribution is 6.03. The third kappa shape index (κ3) is 2.80. The monoisotopic (exact) mass is 363 g/mol. The van der Waals surface area contributed by atoms with Crippen molar-refractivity contribution in [3.63, 3.8) is 0 Å². The van der Waals surface area contributed by atoms with Crippen LogP contribution in [-0.2, 0) is 18.3 Å². The normalized spacial score (nSPS) is 11.2. The molecule has 2 N–H and O–H groups in total. The quantitative estimate of drug-likeness (QED) is 0.525. The van der Waals surface area contributed by atoms with Gasteiger partial charge in [0, 0.05) is 31.7 Å². The molecule has 3 heterocycles. The Morgan fingerprint density at radius 3 is 2.89 bits per heavy atom. The Labute approximate surface area is 154 Å². The van der Waals surface area contributed by atoms with Crippen LogP contribution in [0.2, 0.25) is 0 Å². The van der Waals surface area contributed by atoms with E-state index in [0.717, 1.165) is 22.2 Å². The summed E-state index contributed by atoms with van der Waals surface area (Å²) in [6, 6.07) is 7.38. The molecule has 1 aromatic carbocycles. The number of nitrogens with one attached hydrogen (secondary N) is 1. The Bertz CT molecular complexity index is 1200. The Morgan fingerprint density at radius 1 is 1.33 bits per heavy atom. The van der Waals surface area contributed by atoms with Gasteiger partial charge < -0.3 is 19.4 Å². The minimum absolute atomic E-state index is 0.127. The highest BCUT2D eigenvalue weighted by Crippen LogP contribution is 2.31. The van der Waals surface area contributed by atoms with E-state index in [0.29, 0.717) is 22.9 Å². The van der Waals surface area contributed by atoms with Crippen molar-refractivity contribution >= 4 is 34.1 Å². The lowest BCUT2D eigenvalue weighted by Crippen LogP contribution is -2.02. The fourth-order valence-electron chi connectivity index (χ4n) is 3.01. The van der Waals surface area contributed by atoms with Gasteiger partial charge in [0.25, 0.3) is 5.71 Å². The number of benzene rings is 1. The Balaban J connectivity index is 1.83. The number of hydrogen-bond acceptors (Lipinski definition) is 6. The molecule has 0 saturated carbocycles. The van der Waals surface area contributed by atoms with Crippen molar-refractivity contribution in [2.24, 2.45) is 7.05 Å². The van der Waals surface area contributed by atoms with Gasteiger partial charge in [-0.25, -0.2) is 14.8 Å². The summed E-state index contributed by atoms with van der Waals surface area (Å²) >= 11 is 0. The molecule has 0 spiro atoms. The van der Waals surface area contributed by atoms with Crippen molar-refractivity contribution in [3.05, 3.63) is 48.3 Å². The van der Waals surface area contributed by atoms with Crippen LogP contribution in [0.1, 0.15) is 5.56 Å². The maximum atomic E-state index is 11.0. The lowest BCUT2D eigenvalue weighted by molar-refractivity contribution is -0.132.